The smallest absolute Gasteiger partial charge is 0.406 e. The zero-order valence-corrected chi connectivity index (χ0v) is 14.0. The number of benzene rings is 1. The number of nitrogens with zero attached hydrogens (tertiary/aromatic N) is 1. The Hall–Kier alpha value is -1.96. The molecule has 0 unspecified atom stereocenters. The van der Waals surface area contributed by atoms with Crippen LogP contribution in [0.3, 0.4) is 0 Å². The van der Waals surface area contributed by atoms with Crippen molar-refractivity contribution in [1.82, 2.24) is 5.32 Å². The minimum atomic E-state index is -3.46. The molecule has 1 rings (SSSR count). The monoisotopic (exact) mass is 330 g/mol. The van der Waals surface area contributed by atoms with Gasteiger partial charge in [0, 0.05) is 6.54 Å². The molecule has 1 amide bonds. The van der Waals surface area contributed by atoms with Crippen molar-refractivity contribution >= 4 is 21.8 Å². The molecule has 0 aliphatic carbocycles. The molecule has 0 saturated carbocycles. The van der Waals surface area contributed by atoms with Crippen molar-refractivity contribution in [3.8, 4) is 5.75 Å². The van der Waals surface area contributed by atoms with Crippen molar-refractivity contribution < 1.29 is 22.7 Å². The molecule has 0 radical (unpaired) electrons. The summed E-state index contributed by atoms with van der Waals surface area (Å²) >= 11 is 0. The second kappa shape index (κ2) is 7.88. The Kier molecular flexibility index (Phi) is 6.48. The van der Waals surface area contributed by atoms with E-state index < -0.39 is 16.1 Å². The van der Waals surface area contributed by atoms with Gasteiger partial charge < -0.3 is 14.8 Å². The molecule has 7 nitrogen and oxygen atoms in total. The van der Waals surface area contributed by atoms with Gasteiger partial charge in [0.15, 0.2) is 0 Å². The average Bonchev–Trinajstić information content (AvgIpc) is 2.42. The molecule has 0 aliphatic rings. The van der Waals surface area contributed by atoms with E-state index in [2.05, 4.69) is 10.1 Å². The number of nitrogens with one attached hydrogen (secondary N) is 1. The fourth-order valence-corrected chi connectivity index (χ4v) is 2.71. The van der Waals surface area contributed by atoms with Crippen molar-refractivity contribution in [2.45, 2.75) is 20.0 Å². The van der Waals surface area contributed by atoms with Crippen molar-refractivity contribution in [1.29, 1.82) is 0 Å². The number of sulfonamides is 1. The molecule has 22 heavy (non-hydrogen) atoms. The summed E-state index contributed by atoms with van der Waals surface area (Å²) in [5, 5.41) is 2.45. The van der Waals surface area contributed by atoms with Crippen LogP contribution < -0.4 is 14.4 Å². The normalized spacial score (nSPS) is 11.1. The predicted octanol–water partition coefficient (Wildman–Crippen LogP) is 1.60. The van der Waals surface area contributed by atoms with E-state index in [4.69, 9.17) is 4.74 Å². The highest BCUT2D eigenvalue weighted by atomic mass is 32.2. The molecule has 1 aromatic rings. The minimum absolute atomic E-state index is 0.0427. The van der Waals surface area contributed by atoms with Crippen LogP contribution in [0.4, 0.5) is 10.5 Å². The summed E-state index contributed by atoms with van der Waals surface area (Å²) in [6.45, 7) is 4.08. The number of hydrogen-bond acceptors (Lipinski definition) is 5. The maximum absolute atomic E-state index is 11.9. The van der Waals surface area contributed by atoms with Gasteiger partial charge in [-0.3, -0.25) is 4.31 Å². The van der Waals surface area contributed by atoms with Crippen LogP contribution in [0.15, 0.2) is 24.3 Å². The van der Waals surface area contributed by atoms with Crippen LogP contribution in [0.5, 0.6) is 5.75 Å². The summed E-state index contributed by atoms with van der Waals surface area (Å²) < 4.78 is 35.0. The third kappa shape index (κ3) is 5.80. The van der Waals surface area contributed by atoms with E-state index in [0.29, 0.717) is 11.4 Å². The molecular weight excluding hydrogens is 308 g/mol. The Morgan fingerprint density at radius 2 is 1.86 bits per heavy atom. The highest BCUT2D eigenvalue weighted by Gasteiger charge is 2.17. The summed E-state index contributed by atoms with van der Waals surface area (Å²) in [6, 6.07) is 6.75. The molecule has 124 valence electrons. The molecule has 1 aromatic carbocycles. The average molecular weight is 330 g/mol. The Balaban J connectivity index is 2.82. The number of alkyl carbamates (subject to hydrolysis) is 1. The topological polar surface area (TPSA) is 84.9 Å². The molecule has 8 heteroatoms. The van der Waals surface area contributed by atoms with Crippen molar-refractivity contribution in [3.63, 3.8) is 0 Å². The molecule has 0 heterocycles. The van der Waals surface area contributed by atoms with Gasteiger partial charge in [-0.15, -0.1) is 0 Å². The van der Waals surface area contributed by atoms with E-state index in [1.165, 1.54) is 11.4 Å². The van der Waals surface area contributed by atoms with Crippen LogP contribution >= 0.6 is 0 Å². The van der Waals surface area contributed by atoms with Gasteiger partial charge in [-0.2, -0.15) is 0 Å². The molecular formula is C14H22N2O5S. The van der Waals surface area contributed by atoms with E-state index in [0.717, 1.165) is 6.26 Å². The van der Waals surface area contributed by atoms with Crippen molar-refractivity contribution in [2.75, 3.05) is 30.8 Å². The fourth-order valence-electron chi connectivity index (χ4n) is 1.78. The van der Waals surface area contributed by atoms with Gasteiger partial charge in [0.05, 0.1) is 31.7 Å². The van der Waals surface area contributed by atoms with E-state index in [1.54, 1.807) is 24.3 Å². The van der Waals surface area contributed by atoms with Gasteiger partial charge in [-0.25, -0.2) is 13.2 Å². The first-order valence-electron chi connectivity index (χ1n) is 6.80. The van der Waals surface area contributed by atoms with Gasteiger partial charge in [-0.05, 0) is 38.1 Å². The Bertz CT molecular complexity index is 584. The van der Waals surface area contributed by atoms with Crippen LogP contribution in [-0.2, 0) is 14.8 Å². The summed E-state index contributed by atoms with van der Waals surface area (Å²) in [7, 11) is -2.21. The Morgan fingerprint density at radius 3 is 2.32 bits per heavy atom. The lowest BCUT2D eigenvalue weighted by Gasteiger charge is -2.22. The van der Waals surface area contributed by atoms with Gasteiger partial charge in [0.1, 0.15) is 5.75 Å². The predicted molar refractivity (Wildman–Crippen MR) is 84.8 cm³/mol. The zero-order valence-electron chi connectivity index (χ0n) is 13.2. The lowest BCUT2D eigenvalue weighted by Crippen LogP contribution is -2.38. The lowest BCUT2D eigenvalue weighted by molar-refractivity contribution is 0.171. The zero-order chi connectivity index (χ0) is 16.8. The highest BCUT2D eigenvalue weighted by molar-refractivity contribution is 7.92. The summed E-state index contributed by atoms with van der Waals surface area (Å²) in [5.74, 6) is 0.667. The molecule has 0 saturated heterocycles. The molecule has 1 N–H and O–H groups in total. The van der Waals surface area contributed by atoms with Gasteiger partial charge in [0.2, 0.25) is 10.0 Å². The van der Waals surface area contributed by atoms with Crippen LogP contribution in [0, 0.1) is 0 Å². The second-order valence-electron chi connectivity index (χ2n) is 4.91. The maximum atomic E-state index is 11.9. The minimum Gasteiger partial charge on any atom is -0.491 e. The second-order valence-corrected chi connectivity index (χ2v) is 6.82. The molecule has 0 atom stereocenters. The first-order chi connectivity index (χ1) is 10.2. The summed E-state index contributed by atoms with van der Waals surface area (Å²) in [6.07, 6.45) is 0.555. The van der Waals surface area contributed by atoms with Gasteiger partial charge in [0.25, 0.3) is 0 Å². The van der Waals surface area contributed by atoms with Gasteiger partial charge in [-0.1, -0.05) is 0 Å². The lowest BCUT2D eigenvalue weighted by atomic mass is 10.3. The van der Waals surface area contributed by atoms with Gasteiger partial charge >= 0.3 is 6.09 Å². The molecule has 0 aromatic heterocycles. The molecule has 0 bridgehead atoms. The first-order valence-corrected chi connectivity index (χ1v) is 8.65. The number of anilines is 1. The van der Waals surface area contributed by atoms with Crippen molar-refractivity contribution in [2.24, 2.45) is 0 Å². The summed E-state index contributed by atoms with van der Waals surface area (Å²) in [5.41, 5.74) is 0.505. The van der Waals surface area contributed by atoms with Crippen LogP contribution in [0.1, 0.15) is 13.8 Å². The number of carbonyl (C=O) groups is 1. The highest BCUT2D eigenvalue weighted by Crippen LogP contribution is 2.22. The number of rotatable bonds is 7. The quantitative estimate of drug-likeness (QED) is 0.821. The van der Waals surface area contributed by atoms with E-state index in [1.807, 2.05) is 13.8 Å². The third-order valence-electron chi connectivity index (χ3n) is 2.67. The molecule has 0 fully saturated rings. The number of carbonyl (C=O) groups excluding carboxylic acids is 1. The first kappa shape index (κ1) is 18.1. The van der Waals surface area contributed by atoms with Crippen LogP contribution in [0.2, 0.25) is 0 Å². The number of methoxy groups -OCH3 is 1. The largest absolute Gasteiger partial charge is 0.491 e. The fraction of sp³-hybridized carbons (Fsp3) is 0.500. The standard InChI is InChI=1S/C14H22N2O5S/c1-11(2)21-13-7-5-12(6-8-13)16(22(4,18)19)10-9-15-14(17)20-3/h5-8,11H,9-10H2,1-4H3,(H,15,17). The van der Waals surface area contributed by atoms with Crippen LogP contribution in [-0.4, -0.2) is 47.1 Å². The number of amides is 1. The van der Waals surface area contributed by atoms with E-state index in [9.17, 15) is 13.2 Å². The van der Waals surface area contributed by atoms with E-state index >= 15 is 0 Å². The molecule has 0 aliphatic heterocycles. The third-order valence-corrected chi connectivity index (χ3v) is 3.86. The van der Waals surface area contributed by atoms with E-state index in [-0.39, 0.29) is 19.2 Å². The SMILES string of the molecule is COC(=O)NCCN(c1ccc(OC(C)C)cc1)S(C)(=O)=O. The van der Waals surface area contributed by atoms with Crippen LogP contribution in [0.25, 0.3) is 0 Å². The Morgan fingerprint density at radius 1 is 1.27 bits per heavy atom. The Labute approximate surface area is 131 Å². The molecule has 0 spiro atoms. The number of ether oxygens (including phenoxy) is 2. The number of hydrogen-bond donors (Lipinski definition) is 1. The van der Waals surface area contributed by atoms with Crippen molar-refractivity contribution in [3.05, 3.63) is 24.3 Å². The summed E-state index contributed by atoms with van der Waals surface area (Å²) in [4.78, 5) is 11.0. The maximum Gasteiger partial charge on any atom is 0.406 e.